The number of nitrogens with zero attached hydrogens (tertiary/aromatic N) is 1. The molecule has 0 bridgehead atoms. The molecular weight excluding hydrogens is 280 g/mol. The summed E-state index contributed by atoms with van der Waals surface area (Å²) in [5.41, 5.74) is 2.44. The van der Waals surface area contributed by atoms with Crippen LogP contribution in [0.1, 0.15) is 11.5 Å². The van der Waals surface area contributed by atoms with E-state index in [1.54, 1.807) is 7.11 Å². The van der Waals surface area contributed by atoms with Crippen LogP contribution in [0, 0.1) is 0 Å². The van der Waals surface area contributed by atoms with Gasteiger partial charge < -0.3 is 14.5 Å². The van der Waals surface area contributed by atoms with Gasteiger partial charge in [-0.25, -0.2) is 4.98 Å². The van der Waals surface area contributed by atoms with Crippen molar-refractivity contribution < 1.29 is 13.9 Å². The molecule has 1 heterocycles. The maximum Gasteiger partial charge on any atom is 0.224 e. The quantitative estimate of drug-likeness (QED) is 0.786. The second-order valence-electron chi connectivity index (χ2n) is 4.88. The molecule has 2 aromatic carbocycles. The minimum absolute atomic E-state index is 0.0765. The summed E-state index contributed by atoms with van der Waals surface area (Å²) in [6.07, 6.45) is 0.310. The molecule has 112 valence electrons. The van der Waals surface area contributed by atoms with Gasteiger partial charge in [0.25, 0.3) is 0 Å². The Labute approximate surface area is 127 Å². The van der Waals surface area contributed by atoms with Crippen LogP contribution < -0.4 is 10.1 Å². The van der Waals surface area contributed by atoms with Crippen molar-refractivity contribution in [1.82, 2.24) is 10.3 Å². The van der Waals surface area contributed by atoms with E-state index in [0.29, 0.717) is 12.3 Å². The average Bonchev–Trinajstić information content (AvgIpc) is 2.96. The Morgan fingerprint density at radius 2 is 1.95 bits per heavy atom. The van der Waals surface area contributed by atoms with Gasteiger partial charge in [-0.3, -0.25) is 4.79 Å². The molecular formula is C17H16N2O3. The van der Waals surface area contributed by atoms with Gasteiger partial charge in [0.05, 0.1) is 20.1 Å². The number of hydrogen-bond acceptors (Lipinski definition) is 4. The number of amides is 1. The Kier molecular flexibility index (Phi) is 4.05. The summed E-state index contributed by atoms with van der Waals surface area (Å²) in [7, 11) is 1.61. The molecule has 0 spiro atoms. The zero-order valence-electron chi connectivity index (χ0n) is 12.2. The monoisotopic (exact) mass is 296 g/mol. The molecule has 0 fully saturated rings. The van der Waals surface area contributed by atoms with Gasteiger partial charge in [-0.2, -0.15) is 0 Å². The molecule has 1 aromatic heterocycles. The summed E-state index contributed by atoms with van der Waals surface area (Å²) in [6, 6.07) is 14.9. The molecule has 0 unspecified atom stereocenters. The van der Waals surface area contributed by atoms with Crippen LogP contribution in [0.5, 0.6) is 5.75 Å². The van der Waals surface area contributed by atoms with Crippen molar-refractivity contribution in [2.45, 2.75) is 13.0 Å². The van der Waals surface area contributed by atoms with Crippen molar-refractivity contribution in [3.63, 3.8) is 0 Å². The highest BCUT2D eigenvalue weighted by atomic mass is 16.5. The van der Waals surface area contributed by atoms with Crippen molar-refractivity contribution in [1.29, 1.82) is 0 Å². The molecule has 0 radical (unpaired) electrons. The van der Waals surface area contributed by atoms with E-state index >= 15 is 0 Å². The van der Waals surface area contributed by atoms with Crippen molar-refractivity contribution in [3.8, 4) is 5.75 Å². The number of methoxy groups -OCH3 is 1. The smallest absolute Gasteiger partial charge is 0.224 e. The Balaban J connectivity index is 1.57. The molecule has 5 heteroatoms. The fourth-order valence-corrected chi connectivity index (χ4v) is 2.16. The van der Waals surface area contributed by atoms with Gasteiger partial charge in [-0.1, -0.05) is 24.3 Å². The number of rotatable bonds is 5. The number of para-hydroxylation sites is 2. The zero-order valence-corrected chi connectivity index (χ0v) is 12.2. The zero-order chi connectivity index (χ0) is 15.4. The highest BCUT2D eigenvalue weighted by molar-refractivity contribution is 5.78. The number of carbonyl (C=O) groups is 1. The summed E-state index contributed by atoms with van der Waals surface area (Å²) >= 11 is 0. The molecule has 22 heavy (non-hydrogen) atoms. The molecule has 0 aliphatic carbocycles. The first-order valence-corrected chi connectivity index (χ1v) is 6.98. The van der Waals surface area contributed by atoms with Crippen LogP contribution in [-0.2, 0) is 17.8 Å². The lowest BCUT2D eigenvalue weighted by Crippen LogP contribution is -2.24. The van der Waals surface area contributed by atoms with E-state index in [4.69, 9.17) is 9.15 Å². The number of benzene rings is 2. The molecule has 0 aliphatic rings. The van der Waals surface area contributed by atoms with E-state index < -0.39 is 0 Å². The predicted octanol–water partition coefficient (Wildman–Crippen LogP) is 2.70. The topological polar surface area (TPSA) is 64.4 Å². The van der Waals surface area contributed by atoms with Crippen molar-refractivity contribution in [3.05, 3.63) is 60.0 Å². The number of hydrogen-bond donors (Lipinski definition) is 1. The van der Waals surface area contributed by atoms with Crippen LogP contribution >= 0.6 is 0 Å². The van der Waals surface area contributed by atoms with Gasteiger partial charge in [0.1, 0.15) is 11.3 Å². The van der Waals surface area contributed by atoms with Crippen LogP contribution in [0.25, 0.3) is 11.1 Å². The Bertz CT molecular complexity index is 745. The fourth-order valence-electron chi connectivity index (χ4n) is 2.16. The molecule has 1 amide bonds. The van der Waals surface area contributed by atoms with Crippen molar-refractivity contribution >= 4 is 17.0 Å². The minimum Gasteiger partial charge on any atom is -0.497 e. The maximum atomic E-state index is 11.9. The molecule has 3 aromatic rings. The maximum absolute atomic E-state index is 11.9. The van der Waals surface area contributed by atoms with E-state index in [0.717, 1.165) is 22.4 Å². The lowest BCUT2D eigenvalue weighted by atomic mass is 10.1. The summed E-state index contributed by atoms with van der Waals surface area (Å²) < 4.78 is 10.6. The standard InChI is InChI=1S/C17H16N2O3/c1-21-13-8-6-12(7-9-13)10-16(20)18-11-17-19-14-4-2-3-5-15(14)22-17/h2-9H,10-11H2,1H3,(H,18,20). The van der Waals surface area contributed by atoms with E-state index in [1.165, 1.54) is 0 Å². The van der Waals surface area contributed by atoms with Gasteiger partial charge in [0.15, 0.2) is 5.58 Å². The summed E-state index contributed by atoms with van der Waals surface area (Å²) in [5.74, 6) is 1.20. The van der Waals surface area contributed by atoms with Gasteiger partial charge in [-0.05, 0) is 29.8 Å². The number of oxazole rings is 1. The second-order valence-corrected chi connectivity index (χ2v) is 4.88. The lowest BCUT2D eigenvalue weighted by Gasteiger charge is -2.04. The average molecular weight is 296 g/mol. The second kappa shape index (κ2) is 6.30. The number of carbonyl (C=O) groups excluding carboxylic acids is 1. The van der Waals surface area contributed by atoms with Crippen molar-refractivity contribution in [2.75, 3.05) is 7.11 Å². The largest absolute Gasteiger partial charge is 0.497 e. The first-order chi connectivity index (χ1) is 10.7. The van der Waals surface area contributed by atoms with Crippen LogP contribution in [0.4, 0.5) is 0 Å². The predicted molar refractivity (Wildman–Crippen MR) is 82.6 cm³/mol. The van der Waals surface area contributed by atoms with Crippen molar-refractivity contribution in [2.24, 2.45) is 0 Å². The normalized spacial score (nSPS) is 10.6. The lowest BCUT2D eigenvalue weighted by molar-refractivity contribution is -0.120. The van der Waals surface area contributed by atoms with Gasteiger partial charge in [-0.15, -0.1) is 0 Å². The third-order valence-corrected chi connectivity index (χ3v) is 3.30. The van der Waals surface area contributed by atoms with E-state index in [9.17, 15) is 4.79 Å². The Morgan fingerprint density at radius 1 is 1.18 bits per heavy atom. The van der Waals surface area contributed by atoms with Crippen LogP contribution in [0.2, 0.25) is 0 Å². The van der Waals surface area contributed by atoms with E-state index in [-0.39, 0.29) is 12.5 Å². The first kappa shape index (κ1) is 14.1. The molecule has 0 saturated carbocycles. The number of aromatic nitrogens is 1. The van der Waals surface area contributed by atoms with Crippen LogP contribution in [0.15, 0.2) is 52.9 Å². The van der Waals surface area contributed by atoms with Gasteiger partial charge in [0.2, 0.25) is 11.8 Å². The summed E-state index contributed by atoms with van der Waals surface area (Å²) in [4.78, 5) is 16.3. The molecule has 1 N–H and O–H groups in total. The Hall–Kier alpha value is -2.82. The number of nitrogens with one attached hydrogen (secondary N) is 1. The fraction of sp³-hybridized carbons (Fsp3) is 0.176. The number of ether oxygens (including phenoxy) is 1. The summed E-state index contributed by atoms with van der Waals surface area (Å²) in [6.45, 7) is 0.281. The van der Waals surface area contributed by atoms with Gasteiger partial charge >= 0.3 is 0 Å². The van der Waals surface area contributed by atoms with Crippen LogP contribution in [0.3, 0.4) is 0 Å². The highest BCUT2D eigenvalue weighted by Gasteiger charge is 2.08. The summed E-state index contributed by atoms with van der Waals surface area (Å²) in [5, 5.41) is 2.81. The van der Waals surface area contributed by atoms with E-state index in [2.05, 4.69) is 10.3 Å². The minimum atomic E-state index is -0.0765. The third-order valence-electron chi connectivity index (χ3n) is 3.30. The molecule has 0 saturated heterocycles. The SMILES string of the molecule is COc1ccc(CC(=O)NCc2nc3ccccc3o2)cc1. The van der Waals surface area contributed by atoms with Crippen LogP contribution in [-0.4, -0.2) is 18.0 Å². The van der Waals surface area contributed by atoms with Gasteiger partial charge in [0, 0.05) is 0 Å². The van der Waals surface area contributed by atoms with E-state index in [1.807, 2.05) is 48.5 Å². The molecule has 5 nitrogen and oxygen atoms in total. The number of fused-ring (bicyclic) bond motifs is 1. The first-order valence-electron chi connectivity index (χ1n) is 6.98. The molecule has 0 aliphatic heterocycles. The molecule has 3 rings (SSSR count). The molecule has 0 atom stereocenters. The Morgan fingerprint density at radius 3 is 2.68 bits per heavy atom. The third kappa shape index (κ3) is 3.25. The highest BCUT2D eigenvalue weighted by Crippen LogP contribution is 2.14.